The molecule has 1 N–H and O–H groups in total. The van der Waals surface area contributed by atoms with Crippen molar-refractivity contribution in [3.05, 3.63) is 23.0 Å². The second-order valence-electron chi connectivity index (χ2n) is 3.43. The van der Waals surface area contributed by atoms with Crippen molar-refractivity contribution >= 4 is 17.3 Å². The van der Waals surface area contributed by atoms with Crippen LogP contribution < -0.4 is 4.90 Å². The highest BCUT2D eigenvalue weighted by molar-refractivity contribution is 6.32. The van der Waals surface area contributed by atoms with E-state index in [1.54, 1.807) is 6.07 Å². The number of phenols is 1. The maximum absolute atomic E-state index is 13.6. The Morgan fingerprint density at radius 3 is 2.57 bits per heavy atom. The summed E-state index contributed by atoms with van der Waals surface area (Å²) in [5.41, 5.74) is 0.491. The largest absolute Gasteiger partial charge is 0.506 e. The zero-order valence-electron chi connectivity index (χ0n) is 7.63. The lowest BCUT2D eigenvalue weighted by molar-refractivity contribution is 0.469. The Morgan fingerprint density at radius 1 is 1.29 bits per heavy atom. The minimum Gasteiger partial charge on any atom is -0.506 e. The Balaban J connectivity index is 2.38. The lowest BCUT2D eigenvalue weighted by Gasteiger charge is -2.18. The van der Waals surface area contributed by atoms with E-state index in [0.29, 0.717) is 5.69 Å². The van der Waals surface area contributed by atoms with Crippen LogP contribution in [0.25, 0.3) is 0 Å². The van der Waals surface area contributed by atoms with Crippen molar-refractivity contribution in [3.63, 3.8) is 0 Å². The summed E-state index contributed by atoms with van der Waals surface area (Å²) in [7, 11) is 0. The molecule has 0 unspecified atom stereocenters. The van der Waals surface area contributed by atoms with Crippen LogP contribution in [0.4, 0.5) is 10.1 Å². The fraction of sp³-hybridized carbons (Fsp3) is 0.400. The predicted molar refractivity (Wildman–Crippen MR) is 54.5 cm³/mol. The molecule has 14 heavy (non-hydrogen) atoms. The molecule has 0 spiro atoms. The minimum atomic E-state index is -0.520. The van der Waals surface area contributed by atoms with Gasteiger partial charge in [-0.3, -0.25) is 0 Å². The topological polar surface area (TPSA) is 23.5 Å². The lowest BCUT2D eigenvalue weighted by Crippen LogP contribution is -2.18. The summed E-state index contributed by atoms with van der Waals surface area (Å²) in [5, 5.41) is 8.99. The van der Waals surface area contributed by atoms with Gasteiger partial charge in [0.15, 0.2) is 5.82 Å². The zero-order valence-corrected chi connectivity index (χ0v) is 8.39. The normalized spacial score (nSPS) is 16.3. The van der Waals surface area contributed by atoms with Gasteiger partial charge in [-0.2, -0.15) is 0 Å². The number of halogens is 2. The van der Waals surface area contributed by atoms with E-state index in [4.69, 9.17) is 11.6 Å². The summed E-state index contributed by atoms with van der Waals surface area (Å²) in [6, 6.07) is 3.00. The van der Waals surface area contributed by atoms with Crippen molar-refractivity contribution < 1.29 is 9.50 Å². The van der Waals surface area contributed by atoms with Crippen molar-refractivity contribution in [1.82, 2.24) is 0 Å². The van der Waals surface area contributed by atoms with E-state index in [1.165, 1.54) is 6.07 Å². The van der Waals surface area contributed by atoms with Gasteiger partial charge in [-0.25, -0.2) is 4.39 Å². The average Bonchev–Trinajstić information content (AvgIpc) is 2.67. The highest BCUT2D eigenvalue weighted by atomic mass is 35.5. The van der Waals surface area contributed by atoms with Gasteiger partial charge in [0.1, 0.15) is 10.8 Å². The molecule has 0 aliphatic carbocycles. The molecule has 1 aromatic rings. The van der Waals surface area contributed by atoms with Crippen LogP contribution in [0.5, 0.6) is 5.75 Å². The van der Waals surface area contributed by atoms with Gasteiger partial charge in [-0.15, -0.1) is 0 Å². The van der Waals surface area contributed by atoms with E-state index in [-0.39, 0.29) is 10.8 Å². The number of aromatic hydroxyl groups is 1. The summed E-state index contributed by atoms with van der Waals surface area (Å²) in [6.45, 7) is 1.72. The van der Waals surface area contributed by atoms with Crippen LogP contribution in [0.2, 0.25) is 5.02 Å². The first-order chi connectivity index (χ1) is 6.70. The SMILES string of the molecule is Oc1ccc(N2CCCC2)c(F)c1Cl. The quantitative estimate of drug-likeness (QED) is 0.779. The van der Waals surface area contributed by atoms with Gasteiger partial charge < -0.3 is 10.0 Å². The van der Waals surface area contributed by atoms with E-state index >= 15 is 0 Å². The fourth-order valence-corrected chi connectivity index (χ4v) is 1.89. The fourth-order valence-electron chi connectivity index (χ4n) is 1.73. The molecule has 0 amide bonds. The average molecular weight is 216 g/mol. The molecule has 1 aliphatic rings. The molecule has 1 aromatic carbocycles. The van der Waals surface area contributed by atoms with Gasteiger partial charge in [-0.05, 0) is 25.0 Å². The minimum absolute atomic E-state index is 0.186. The molecule has 0 bridgehead atoms. The van der Waals surface area contributed by atoms with Gasteiger partial charge >= 0.3 is 0 Å². The number of nitrogens with zero attached hydrogens (tertiary/aromatic N) is 1. The van der Waals surface area contributed by atoms with E-state index in [0.717, 1.165) is 25.9 Å². The Labute approximate surface area is 86.9 Å². The molecule has 0 atom stereocenters. The van der Waals surface area contributed by atoms with Crippen molar-refractivity contribution in [1.29, 1.82) is 0 Å². The van der Waals surface area contributed by atoms with Crippen LogP contribution >= 0.6 is 11.6 Å². The monoisotopic (exact) mass is 215 g/mol. The van der Waals surface area contributed by atoms with Crippen molar-refractivity contribution in [2.45, 2.75) is 12.8 Å². The summed E-state index contributed by atoms with van der Waals surface area (Å²) >= 11 is 5.61. The molecule has 1 aliphatic heterocycles. The van der Waals surface area contributed by atoms with Crippen LogP contribution in [-0.4, -0.2) is 18.2 Å². The molecule has 4 heteroatoms. The predicted octanol–water partition coefficient (Wildman–Crippen LogP) is 2.78. The van der Waals surface area contributed by atoms with Crippen LogP contribution in [0, 0.1) is 5.82 Å². The van der Waals surface area contributed by atoms with Crippen LogP contribution in [-0.2, 0) is 0 Å². The molecular formula is C10H11ClFNO. The summed E-state index contributed by atoms with van der Waals surface area (Å²) in [6.07, 6.45) is 2.16. The Kier molecular flexibility index (Phi) is 2.50. The standard InChI is InChI=1S/C10H11ClFNO/c11-9-8(14)4-3-7(10(9)12)13-5-1-2-6-13/h3-4,14H,1-2,5-6H2. The summed E-state index contributed by atoms with van der Waals surface area (Å²) in [5.74, 6) is -0.722. The third-order valence-electron chi connectivity index (χ3n) is 2.49. The molecule has 0 aromatic heterocycles. The molecule has 2 rings (SSSR count). The Morgan fingerprint density at radius 2 is 1.93 bits per heavy atom. The lowest BCUT2D eigenvalue weighted by atomic mass is 10.2. The molecule has 0 radical (unpaired) electrons. The van der Waals surface area contributed by atoms with Gasteiger partial charge in [0.25, 0.3) is 0 Å². The first kappa shape index (κ1) is 9.59. The first-order valence-electron chi connectivity index (χ1n) is 4.62. The summed E-state index contributed by atoms with van der Waals surface area (Å²) in [4.78, 5) is 1.95. The highest BCUT2D eigenvalue weighted by Crippen LogP contribution is 2.34. The van der Waals surface area contributed by atoms with Crippen molar-refractivity contribution in [2.24, 2.45) is 0 Å². The molecule has 1 saturated heterocycles. The van der Waals surface area contributed by atoms with Crippen LogP contribution in [0.15, 0.2) is 12.1 Å². The number of phenolic OH excluding ortho intramolecular Hbond substituents is 1. The van der Waals surface area contributed by atoms with Gasteiger partial charge in [0.05, 0.1) is 5.69 Å². The molecule has 76 valence electrons. The summed E-state index contributed by atoms with van der Waals surface area (Å²) < 4.78 is 13.6. The number of anilines is 1. The Bertz CT molecular complexity index is 350. The number of benzene rings is 1. The third-order valence-corrected chi connectivity index (χ3v) is 2.85. The number of rotatable bonds is 1. The van der Waals surface area contributed by atoms with E-state index in [9.17, 15) is 9.50 Å². The van der Waals surface area contributed by atoms with Crippen LogP contribution in [0.3, 0.4) is 0 Å². The smallest absolute Gasteiger partial charge is 0.168 e. The highest BCUT2D eigenvalue weighted by Gasteiger charge is 2.19. The third kappa shape index (κ3) is 1.52. The van der Waals surface area contributed by atoms with Gasteiger partial charge in [0.2, 0.25) is 0 Å². The molecule has 1 heterocycles. The van der Waals surface area contributed by atoms with Gasteiger partial charge in [-0.1, -0.05) is 11.6 Å². The maximum atomic E-state index is 13.6. The number of hydrogen-bond acceptors (Lipinski definition) is 2. The van der Waals surface area contributed by atoms with E-state index < -0.39 is 5.82 Å². The maximum Gasteiger partial charge on any atom is 0.168 e. The molecule has 0 saturated carbocycles. The van der Waals surface area contributed by atoms with Crippen molar-refractivity contribution in [2.75, 3.05) is 18.0 Å². The second-order valence-corrected chi connectivity index (χ2v) is 3.80. The first-order valence-corrected chi connectivity index (χ1v) is 5.00. The molecular weight excluding hydrogens is 205 g/mol. The van der Waals surface area contributed by atoms with Gasteiger partial charge in [0, 0.05) is 13.1 Å². The number of hydrogen-bond donors (Lipinski definition) is 1. The Hall–Kier alpha value is -0.960. The second kappa shape index (κ2) is 3.65. The van der Waals surface area contributed by atoms with E-state index in [1.807, 2.05) is 4.90 Å². The van der Waals surface area contributed by atoms with E-state index in [2.05, 4.69) is 0 Å². The molecule has 1 fully saturated rings. The zero-order chi connectivity index (χ0) is 10.1. The van der Waals surface area contributed by atoms with Crippen molar-refractivity contribution in [3.8, 4) is 5.75 Å². The van der Waals surface area contributed by atoms with Crippen LogP contribution in [0.1, 0.15) is 12.8 Å². The molecule has 2 nitrogen and oxygen atoms in total.